The number of hydrogen-bond donors (Lipinski definition) is 2. The van der Waals surface area contributed by atoms with Crippen LogP contribution in [0.25, 0.3) is 0 Å². The highest BCUT2D eigenvalue weighted by molar-refractivity contribution is 7.89. The fourth-order valence-electron chi connectivity index (χ4n) is 2.79. The number of benzene rings is 1. The number of hydrogen-bond acceptors (Lipinski definition) is 6. The van der Waals surface area contributed by atoms with Crippen LogP contribution < -0.4 is 15.2 Å². The molecule has 9 nitrogen and oxygen atoms in total. The van der Waals surface area contributed by atoms with Gasteiger partial charge in [-0.25, -0.2) is 22.8 Å². The molecule has 1 amide bonds. The average Bonchev–Trinajstić information content (AvgIpc) is 2.94. The third-order valence-electron chi connectivity index (χ3n) is 3.84. The van der Waals surface area contributed by atoms with Crippen LogP contribution in [0.5, 0.6) is 5.75 Å². The molecule has 1 aliphatic rings. The predicted octanol–water partition coefficient (Wildman–Crippen LogP) is 0.917. The summed E-state index contributed by atoms with van der Waals surface area (Å²) in [6, 6.07) is 3.60. The Morgan fingerprint density at radius 3 is 3.00 bits per heavy atom. The van der Waals surface area contributed by atoms with Gasteiger partial charge in [-0.1, -0.05) is 11.6 Å². The summed E-state index contributed by atoms with van der Waals surface area (Å²) in [5, 5.41) is 4.48. The summed E-state index contributed by atoms with van der Waals surface area (Å²) in [7, 11) is -3.99. The molecule has 1 atom stereocenters. The van der Waals surface area contributed by atoms with Crippen LogP contribution >= 0.6 is 11.6 Å². The number of amides is 1. The number of carbonyl (C=O) groups is 1. The number of fused-ring (bicyclic) bond motifs is 1. The molecule has 0 radical (unpaired) electrons. The smallest absolute Gasteiger partial charge is 0.255 e. The number of sulfonamides is 1. The molecule has 1 aliphatic heterocycles. The summed E-state index contributed by atoms with van der Waals surface area (Å²) in [5.74, 6) is 0.430. The SMILES string of the molecule is Cc1nc2n(n1)CCC[C@H]2NS(=O)(=O)c1cc(Cl)ccc1OCC(N)=O. The lowest BCUT2D eigenvalue weighted by atomic mass is 10.1. The van der Waals surface area contributed by atoms with Gasteiger partial charge in [0.05, 0.1) is 6.04 Å². The molecular weight excluding hydrogens is 382 g/mol. The van der Waals surface area contributed by atoms with Crippen LogP contribution in [-0.4, -0.2) is 35.7 Å². The van der Waals surface area contributed by atoms with E-state index in [1.807, 2.05) is 0 Å². The van der Waals surface area contributed by atoms with E-state index in [-0.39, 0.29) is 15.7 Å². The highest BCUT2D eigenvalue weighted by atomic mass is 35.5. The lowest BCUT2D eigenvalue weighted by Gasteiger charge is -2.23. The van der Waals surface area contributed by atoms with Gasteiger partial charge in [0.25, 0.3) is 5.91 Å². The van der Waals surface area contributed by atoms with E-state index in [9.17, 15) is 13.2 Å². The van der Waals surface area contributed by atoms with Crippen LogP contribution in [0, 0.1) is 6.92 Å². The van der Waals surface area contributed by atoms with E-state index in [4.69, 9.17) is 22.1 Å². The molecule has 0 fully saturated rings. The third kappa shape index (κ3) is 3.97. The lowest BCUT2D eigenvalue weighted by molar-refractivity contribution is -0.120. The van der Waals surface area contributed by atoms with Gasteiger partial charge >= 0.3 is 0 Å². The maximum atomic E-state index is 12.9. The Morgan fingerprint density at radius 1 is 1.50 bits per heavy atom. The largest absolute Gasteiger partial charge is 0.482 e. The Hall–Kier alpha value is -2.17. The number of halogens is 1. The second-order valence-electron chi connectivity index (χ2n) is 5.90. The predicted molar refractivity (Wildman–Crippen MR) is 93.2 cm³/mol. The molecule has 3 rings (SSSR count). The number of primary amides is 1. The van der Waals surface area contributed by atoms with Crippen LogP contribution in [0.15, 0.2) is 23.1 Å². The molecule has 3 N–H and O–H groups in total. The first-order chi connectivity index (χ1) is 12.3. The Bertz CT molecular complexity index is 944. The number of nitrogens with one attached hydrogen (secondary N) is 1. The van der Waals surface area contributed by atoms with Crippen LogP contribution in [0.2, 0.25) is 5.02 Å². The van der Waals surface area contributed by atoms with Crippen molar-refractivity contribution in [2.45, 2.75) is 37.2 Å². The molecule has 0 spiro atoms. The summed E-state index contributed by atoms with van der Waals surface area (Å²) in [6.45, 7) is 2.00. The fourth-order valence-corrected chi connectivity index (χ4v) is 4.43. The molecule has 11 heteroatoms. The minimum Gasteiger partial charge on any atom is -0.482 e. The maximum Gasteiger partial charge on any atom is 0.255 e. The molecule has 140 valence electrons. The van der Waals surface area contributed by atoms with E-state index in [0.717, 1.165) is 6.42 Å². The van der Waals surface area contributed by atoms with Crippen LogP contribution in [0.4, 0.5) is 0 Å². The minimum absolute atomic E-state index is 0.00541. The van der Waals surface area contributed by atoms with Crippen molar-refractivity contribution in [2.75, 3.05) is 6.61 Å². The van der Waals surface area contributed by atoms with Gasteiger partial charge in [0.2, 0.25) is 10.0 Å². The zero-order valence-corrected chi connectivity index (χ0v) is 15.5. The van der Waals surface area contributed by atoms with Gasteiger partial charge in [0.1, 0.15) is 22.3 Å². The Balaban J connectivity index is 1.91. The van der Waals surface area contributed by atoms with Crippen molar-refractivity contribution in [2.24, 2.45) is 5.73 Å². The summed E-state index contributed by atoms with van der Waals surface area (Å²) in [4.78, 5) is 15.1. The van der Waals surface area contributed by atoms with Gasteiger partial charge in [-0.3, -0.25) is 4.79 Å². The van der Waals surface area contributed by atoms with Gasteiger partial charge in [-0.15, -0.1) is 0 Å². The number of rotatable bonds is 6. The highest BCUT2D eigenvalue weighted by Gasteiger charge is 2.30. The number of aromatic nitrogens is 3. The minimum atomic E-state index is -3.99. The molecule has 0 saturated carbocycles. The number of carbonyl (C=O) groups excluding carboxylic acids is 1. The Labute approximate surface area is 155 Å². The second kappa shape index (κ2) is 7.22. The zero-order chi connectivity index (χ0) is 18.9. The first-order valence-electron chi connectivity index (χ1n) is 7.90. The van der Waals surface area contributed by atoms with Crippen LogP contribution in [0.1, 0.15) is 30.5 Å². The summed E-state index contributed by atoms with van der Waals surface area (Å²) in [5.41, 5.74) is 5.06. The number of nitrogens with zero attached hydrogens (tertiary/aromatic N) is 3. The maximum absolute atomic E-state index is 12.9. The van der Waals surface area contributed by atoms with E-state index >= 15 is 0 Å². The third-order valence-corrected chi connectivity index (χ3v) is 5.57. The van der Waals surface area contributed by atoms with E-state index in [2.05, 4.69) is 14.8 Å². The van der Waals surface area contributed by atoms with Gasteiger partial charge < -0.3 is 10.5 Å². The van der Waals surface area contributed by atoms with Crippen molar-refractivity contribution in [1.29, 1.82) is 0 Å². The molecule has 2 heterocycles. The normalized spacial score (nSPS) is 16.9. The topological polar surface area (TPSA) is 129 Å². The monoisotopic (exact) mass is 399 g/mol. The first kappa shape index (κ1) is 18.6. The average molecular weight is 400 g/mol. The molecule has 0 aliphatic carbocycles. The van der Waals surface area contributed by atoms with Crippen molar-refractivity contribution in [3.63, 3.8) is 0 Å². The van der Waals surface area contributed by atoms with Gasteiger partial charge in [-0.05, 0) is 38.0 Å². The lowest BCUT2D eigenvalue weighted by Crippen LogP contribution is -2.33. The highest BCUT2D eigenvalue weighted by Crippen LogP contribution is 2.30. The van der Waals surface area contributed by atoms with Gasteiger partial charge in [0, 0.05) is 11.6 Å². The number of ether oxygens (including phenoxy) is 1. The number of aryl methyl sites for hydroxylation is 2. The Morgan fingerprint density at radius 2 is 2.27 bits per heavy atom. The van der Waals surface area contributed by atoms with E-state index < -0.39 is 28.6 Å². The molecule has 1 aromatic carbocycles. The van der Waals surface area contributed by atoms with Crippen molar-refractivity contribution in [1.82, 2.24) is 19.5 Å². The quantitative estimate of drug-likeness (QED) is 0.742. The zero-order valence-electron chi connectivity index (χ0n) is 14.0. The summed E-state index contributed by atoms with van der Waals surface area (Å²) >= 11 is 5.95. The standard InChI is InChI=1S/C15H18ClN5O4S/c1-9-18-15-11(3-2-6-21(15)19-9)20-26(23,24)13-7-10(16)4-5-12(13)25-8-14(17)22/h4-5,7,11,20H,2-3,6,8H2,1H3,(H2,17,22)/t11-/m1/s1. The summed E-state index contributed by atoms with van der Waals surface area (Å²) in [6.07, 6.45) is 1.36. The van der Waals surface area contributed by atoms with Crippen molar-refractivity contribution >= 4 is 27.5 Å². The molecule has 1 aromatic heterocycles. The van der Waals surface area contributed by atoms with Crippen molar-refractivity contribution in [3.05, 3.63) is 34.9 Å². The van der Waals surface area contributed by atoms with Gasteiger partial charge in [0.15, 0.2) is 6.61 Å². The fraction of sp³-hybridized carbons (Fsp3) is 0.400. The van der Waals surface area contributed by atoms with E-state index in [1.165, 1.54) is 18.2 Å². The molecule has 0 saturated heterocycles. The van der Waals surface area contributed by atoms with Crippen molar-refractivity contribution < 1.29 is 17.9 Å². The molecule has 0 unspecified atom stereocenters. The van der Waals surface area contributed by atoms with E-state index in [1.54, 1.807) is 11.6 Å². The first-order valence-corrected chi connectivity index (χ1v) is 9.77. The number of nitrogens with two attached hydrogens (primary N) is 1. The molecule has 0 bridgehead atoms. The van der Waals surface area contributed by atoms with E-state index in [0.29, 0.717) is 24.6 Å². The van der Waals surface area contributed by atoms with Crippen LogP contribution in [0.3, 0.4) is 0 Å². The second-order valence-corrected chi connectivity index (χ2v) is 8.02. The summed E-state index contributed by atoms with van der Waals surface area (Å²) < 4.78 is 35.4. The van der Waals surface area contributed by atoms with Gasteiger partial charge in [-0.2, -0.15) is 5.10 Å². The van der Waals surface area contributed by atoms with Crippen LogP contribution in [-0.2, 0) is 21.4 Å². The van der Waals surface area contributed by atoms with Crippen molar-refractivity contribution in [3.8, 4) is 5.75 Å². The molecule has 26 heavy (non-hydrogen) atoms. The molecule has 2 aromatic rings. The molecular formula is C15H18ClN5O4S. The Kier molecular flexibility index (Phi) is 5.17.